The highest BCUT2D eigenvalue weighted by Crippen LogP contribution is 2.46. The summed E-state index contributed by atoms with van der Waals surface area (Å²) in [6, 6.07) is 32.6. The number of aryl methyl sites for hydroxylation is 1. The van der Waals surface area contributed by atoms with Crippen LogP contribution in [0.25, 0.3) is 42.1 Å². The van der Waals surface area contributed by atoms with Gasteiger partial charge < -0.3 is 35.6 Å². The molecule has 5 aromatic carbocycles. The summed E-state index contributed by atoms with van der Waals surface area (Å²) in [6.45, 7) is 9.89. The number of nitrogens with one attached hydrogen (secondary N) is 3. The average Bonchev–Trinajstić information content (AvgIpc) is 4.10. The summed E-state index contributed by atoms with van der Waals surface area (Å²) in [5.74, 6) is -0.425. The van der Waals surface area contributed by atoms with Crippen LogP contribution >= 0.6 is 22.7 Å². The number of hydrogen-bond acceptors (Lipinski definition) is 12. The lowest BCUT2D eigenvalue weighted by Gasteiger charge is -2.35. The number of rotatable bonds is 18. The predicted molar refractivity (Wildman–Crippen MR) is 288 cm³/mol. The van der Waals surface area contributed by atoms with Gasteiger partial charge >= 0.3 is 0 Å². The molecule has 1 aliphatic heterocycles. The average molecular weight is 1020 g/mol. The Morgan fingerprint density at radius 1 is 0.849 bits per heavy atom. The Morgan fingerprint density at radius 3 is 2.27 bits per heavy atom. The van der Waals surface area contributed by atoms with Crippen LogP contribution in [0, 0.1) is 12.3 Å². The molecule has 0 radical (unpaired) electrons. The van der Waals surface area contributed by atoms with Gasteiger partial charge in [-0.25, -0.2) is 10.4 Å². The van der Waals surface area contributed by atoms with Crippen LogP contribution in [0.15, 0.2) is 126 Å². The summed E-state index contributed by atoms with van der Waals surface area (Å²) < 4.78 is 6.84. The first-order chi connectivity index (χ1) is 35.0. The molecule has 1 saturated heterocycles. The number of phenolic OH excluding ortho intramolecular Hbond substituents is 2. The fourth-order valence-electron chi connectivity index (χ4n) is 8.89. The molecule has 8 rings (SSSR count). The zero-order valence-corrected chi connectivity index (χ0v) is 43.1. The molecule has 16 heteroatoms. The lowest BCUT2D eigenvalue weighted by Crippen LogP contribution is -2.57. The number of carbonyl (C=O) groups excluding carboxylic acids is 4. The van der Waals surface area contributed by atoms with E-state index in [-0.39, 0.29) is 54.6 Å². The van der Waals surface area contributed by atoms with Gasteiger partial charge in [0.2, 0.25) is 17.7 Å². The molecule has 378 valence electrons. The van der Waals surface area contributed by atoms with E-state index >= 15 is 0 Å². The molecule has 14 nitrogen and oxygen atoms in total. The highest BCUT2D eigenvalue weighted by Gasteiger charge is 2.44. The molecular weight excluding hydrogens is 961 g/mol. The maximum Gasteiger partial charge on any atom is 0.271 e. The van der Waals surface area contributed by atoms with Gasteiger partial charge in [-0.2, -0.15) is 5.10 Å². The smallest absolute Gasteiger partial charge is 0.271 e. The van der Waals surface area contributed by atoms with Gasteiger partial charge in [0.05, 0.1) is 41.0 Å². The Kier molecular flexibility index (Phi) is 16.4. The van der Waals surface area contributed by atoms with E-state index in [1.807, 2.05) is 125 Å². The van der Waals surface area contributed by atoms with E-state index in [9.17, 15) is 34.5 Å². The van der Waals surface area contributed by atoms with Crippen LogP contribution in [0.1, 0.15) is 93.0 Å². The number of aromatic nitrogens is 1. The van der Waals surface area contributed by atoms with E-state index in [0.717, 1.165) is 65.3 Å². The number of likely N-dealkylation sites (tertiary alicyclic amines) is 1. The van der Waals surface area contributed by atoms with Crippen molar-refractivity contribution in [2.75, 3.05) is 13.2 Å². The van der Waals surface area contributed by atoms with Crippen LogP contribution in [0.4, 0.5) is 0 Å². The number of fused-ring (bicyclic) bond motifs is 1. The quantitative estimate of drug-likeness (QED) is 0.0275. The Bertz CT molecular complexity index is 3110. The Morgan fingerprint density at radius 2 is 1.56 bits per heavy atom. The summed E-state index contributed by atoms with van der Waals surface area (Å²) in [6.07, 6.45) is 2.99. The number of amides is 4. The molecule has 7 aromatic rings. The minimum Gasteiger partial charge on any atom is -0.508 e. The second kappa shape index (κ2) is 23.0. The number of nitrogens with zero attached hydrogens (tertiary/aromatic N) is 3. The number of aliphatic hydroxyl groups is 1. The number of hydrogen-bond donors (Lipinski definition) is 6. The fourth-order valence-corrected chi connectivity index (χ4v) is 11.0. The summed E-state index contributed by atoms with van der Waals surface area (Å²) >= 11 is 3.10. The Hall–Kier alpha value is -7.40. The van der Waals surface area contributed by atoms with E-state index in [1.165, 1.54) is 16.2 Å². The second-order valence-corrected chi connectivity index (χ2v) is 21.3. The van der Waals surface area contributed by atoms with E-state index in [1.54, 1.807) is 47.9 Å². The molecule has 4 atom stereocenters. The van der Waals surface area contributed by atoms with Gasteiger partial charge in [-0.05, 0) is 145 Å². The number of thiophene rings is 1. The van der Waals surface area contributed by atoms with Crippen LogP contribution in [-0.2, 0) is 14.4 Å². The molecule has 1 fully saturated rings. The van der Waals surface area contributed by atoms with Gasteiger partial charge in [0.15, 0.2) is 0 Å². The first-order valence-corrected chi connectivity index (χ1v) is 26.0. The van der Waals surface area contributed by atoms with Gasteiger partial charge in [0.25, 0.3) is 5.91 Å². The Labute approximate surface area is 432 Å². The van der Waals surface area contributed by atoms with Crippen molar-refractivity contribution in [3.8, 4) is 49.3 Å². The third kappa shape index (κ3) is 12.8. The van der Waals surface area contributed by atoms with Gasteiger partial charge in [-0.1, -0.05) is 57.2 Å². The maximum absolute atomic E-state index is 14.1. The van der Waals surface area contributed by atoms with Crippen LogP contribution in [0.5, 0.6) is 17.2 Å². The number of β-amino-alcohol motifs (C(OH)–C–C–N with tert-alkyl or cyclic N) is 1. The fraction of sp³-hybridized carbons (Fsp3) is 0.298. The molecule has 0 saturated carbocycles. The van der Waals surface area contributed by atoms with Crippen molar-refractivity contribution >= 4 is 62.6 Å². The topological polar surface area (TPSA) is 203 Å². The second-order valence-electron chi connectivity index (χ2n) is 19.4. The highest BCUT2D eigenvalue weighted by molar-refractivity contribution is 7.23. The van der Waals surface area contributed by atoms with Crippen LogP contribution in [0.2, 0.25) is 0 Å². The third-order valence-corrected chi connectivity index (χ3v) is 15.0. The number of aromatic hydroxyl groups is 2. The Balaban J connectivity index is 0.772. The van der Waals surface area contributed by atoms with Crippen molar-refractivity contribution < 1.29 is 39.2 Å². The van der Waals surface area contributed by atoms with Crippen molar-refractivity contribution in [1.82, 2.24) is 25.9 Å². The number of ether oxygens (including phenoxy) is 1. The monoisotopic (exact) mass is 1020 g/mol. The van der Waals surface area contributed by atoms with E-state index in [4.69, 9.17) is 4.74 Å². The molecule has 73 heavy (non-hydrogen) atoms. The molecule has 4 amide bonds. The largest absolute Gasteiger partial charge is 0.508 e. The van der Waals surface area contributed by atoms with Gasteiger partial charge in [-0.3, -0.25) is 19.2 Å². The maximum atomic E-state index is 14.1. The number of carbonyl (C=O) groups is 4. The van der Waals surface area contributed by atoms with Crippen LogP contribution in [0.3, 0.4) is 0 Å². The summed E-state index contributed by atoms with van der Waals surface area (Å²) in [5.41, 5.74) is 10.5. The number of phenols is 2. The molecule has 0 aliphatic carbocycles. The van der Waals surface area contributed by atoms with Gasteiger partial charge in [-0.15, -0.1) is 22.7 Å². The number of thiazole rings is 1. The lowest BCUT2D eigenvalue weighted by molar-refractivity contribution is -0.144. The first-order valence-electron chi connectivity index (χ1n) is 24.3. The number of benzene rings is 5. The standard InChI is InChI=1S/C57H60N6O8S2/c1-34(37-15-17-38(18-16-37)51-35(2)58-33-72-51)60-55(69)47-29-44(66)32-63(47)56(70)53(57(3,4)5)61-49(67)12-7-6-8-27-71-45-24-13-36(14-25-45)31-59-62-54(68)41-11-9-10-40(28-41)50-46-26-23-43(65)30-48(46)73-52(50)39-19-21-42(64)22-20-39/h9-11,13-26,28,30-31,33-34,44,47,53,64-66H,6-8,12,27,29,32H2,1-5H3,(H,60,69)(H,61,67)(H,62,68). The molecule has 3 heterocycles. The van der Waals surface area contributed by atoms with Crippen molar-refractivity contribution in [1.29, 1.82) is 0 Å². The van der Waals surface area contributed by atoms with E-state index in [2.05, 4.69) is 26.1 Å². The number of hydrazone groups is 1. The highest BCUT2D eigenvalue weighted by atomic mass is 32.1. The van der Waals surface area contributed by atoms with Crippen molar-refractivity contribution in [3.05, 3.63) is 143 Å². The van der Waals surface area contributed by atoms with Crippen LogP contribution < -0.4 is 20.8 Å². The predicted octanol–water partition coefficient (Wildman–Crippen LogP) is 10.2. The summed E-state index contributed by atoms with van der Waals surface area (Å²) in [4.78, 5) is 62.1. The zero-order chi connectivity index (χ0) is 51.8. The molecular formula is C57H60N6O8S2. The van der Waals surface area contributed by atoms with E-state index < -0.39 is 29.5 Å². The summed E-state index contributed by atoms with van der Waals surface area (Å²) in [7, 11) is 0. The molecule has 0 bridgehead atoms. The molecule has 4 unspecified atom stereocenters. The molecule has 1 aliphatic rings. The van der Waals surface area contributed by atoms with E-state index in [0.29, 0.717) is 30.8 Å². The summed E-state index contributed by atoms with van der Waals surface area (Å²) in [5, 5.41) is 41.8. The zero-order valence-electron chi connectivity index (χ0n) is 41.4. The lowest BCUT2D eigenvalue weighted by atomic mass is 9.85. The van der Waals surface area contributed by atoms with Crippen molar-refractivity contribution in [2.45, 2.75) is 91.0 Å². The van der Waals surface area contributed by atoms with Gasteiger partial charge in [0, 0.05) is 45.5 Å². The van der Waals surface area contributed by atoms with Gasteiger partial charge in [0.1, 0.15) is 29.3 Å². The SMILES string of the molecule is Cc1ncsc1-c1ccc(C(C)NC(=O)C2CC(O)CN2C(=O)C(NC(=O)CCCCCOc2ccc(C=NNC(=O)c3cccc(-c4c(-c5ccc(O)cc5)sc5cc(O)ccc45)c3)cc2)C(C)(C)C)cc1. The third-order valence-electron chi connectivity index (χ3n) is 12.9. The molecule has 2 aromatic heterocycles. The number of unbranched alkanes of at least 4 members (excludes halogenated alkanes) is 2. The first kappa shape index (κ1) is 51.9. The van der Waals surface area contributed by atoms with Crippen molar-refractivity contribution in [2.24, 2.45) is 10.5 Å². The minimum absolute atomic E-state index is 0.00287. The number of aliphatic hydroxyl groups excluding tert-OH is 1. The molecule has 6 N–H and O–H groups in total. The van der Waals surface area contributed by atoms with Crippen molar-refractivity contribution in [3.63, 3.8) is 0 Å². The minimum atomic E-state index is -0.908. The normalized spacial score (nSPS) is 15.6. The molecule has 0 spiro atoms. The van der Waals surface area contributed by atoms with Crippen LogP contribution in [-0.4, -0.2) is 86.4 Å².